The van der Waals surface area contributed by atoms with Gasteiger partial charge in [0.1, 0.15) is 0 Å². The molecule has 18 heavy (non-hydrogen) atoms. The molecule has 5 nitrogen and oxygen atoms in total. The van der Waals surface area contributed by atoms with Gasteiger partial charge in [-0.1, -0.05) is 0 Å². The summed E-state index contributed by atoms with van der Waals surface area (Å²) >= 11 is 0. The molecule has 1 amide bonds. The number of nitrogens with one attached hydrogen (secondary N) is 1. The van der Waals surface area contributed by atoms with E-state index < -0.39 is 5.97 Å². The first-order chi connectivity index (χ1) is 8.29. The lowest BCUT2D eigenvalue weighted by Crippen LogP contribution is -2.40. The number of hydrogen-bond acceptors (Lipinski definition) is 3. The number of carbonyl (C=O) groups excluding carboxylic acids is 1. The van der Waals surface area contributed by atoms with Gasteiger partial charge in [0.15, 0.2) is 0 Å². The molecule has 0 saturated carbocycles. The normalized spacial score (nSPS) is 20.9. The Bertz CT molecular complexity index is 310. The molecule has 1 unspecified atom stereocenters. The van der Waals surface area contributed by atoms with Gasteiger partial charge in [0, 0.05) is 25.0 Å². The van der Waals surface area contributed by atoms with Gasteiger partial charge in [0.2, 0.25) is 5.91 Å². The Balaban J connectivity index is 2.21. The van der Waals surface area contributed by atoms with E-state index in [-0.39, 0.29) is 24.3 Å². The molecule has 0 aromatic heterocycles. The molecule has 0 spiro atoms. The summed E-state index contributed by atoms with van der Waals surface area (Å²) in [6.45, 7) is 9.31. The van der Waals surface area contributed by atoms with Gasteiger partial charge >= 0.3 is 5.97 Å². The molecule has 2 N–H and O–H groups in total. The van der Waals surface area contributed by atoms with Crippen LogP contribution in [0.25, 0.3) is 0 Å². The maximum Gasteiger partial charge on any atom is 0.303 e. The van der Waals surface area contributed by atoms with Crippen LogP contribution in [0.2, 0.25) is 0 Å². The fourth-order valence-electron chi connectivity index (χ4n) is 2.18. The lowest BCUT2D eigenvalue weighted by atomic mass is 10.1. The Morgan fingerprint density at radius 2 is 2.00 bits per heavy atom. The number of likely N-dealkylation sites (tertiary alicyclic amines) is 1. The largest absolute Gasteiger partial charge is 0.481 e. The molecule has 0 aliphatic carbocycles. The van der Waals surface area contributed by atoms with Gasteiger partial charge in [-0.2, -0.15) is 0 Å². The lowest BCUT2D eigenvalue weighted by molar-refractivity contribution is -0.138. The summed E-state index contributed by atoms with van der Waals surface area (Å²) in [6.07, 6.45) is 1.08. The molecular formula is C13H24N2O3. The van der Waals surface area contributed by atoms with Crippen LogP contribution in [-0.2, 0) is 9.59 Å². The van der Waals surface area contributed by atoms with Crippen LogP contribution in [0.1, 0.15) is 40.0 Å². The molecule has 0 bridgehead atoms. The third kappa shape index (κ3) is 5.04. The summed E-state index contributed by atoms with van der Waals surface area (Å²) < 4.78 is 0. The summed E-state index contributed by atoms with van der Waals surface area (Å²) in [4.78, 5) is 24.1. The predicted octanol–water partition coefficient (Wildman–Crippen LogP) is 1.09. The number of hydrogen-bond donors (Lipinski definition) is 2. The zero-order chi connectivity index (χ0) is 13.8. The van der Waals surface area contributed by atoms with Gasteiger partial charge in [-0.05, 0) is 39.7 Å². The summed E-state index contributed by atoms with van der Waals surface area (Å²) in [6, 6.07) is 0. The molecule has 1 heterocycles. The number of carboxylic acids is 1. The second-order valence-corrected chi connectivity index (χ2v) is 5.97. The van der Waals surface area contributed by atoms with Crippen molar-refractivity contribution in [3.05, 3.63) is 0 Å². The van der Waals surface area contributed by atoms with E-state index in [4.69, 9.17) is 5.11 Å². The predicted molar refractivity (Wildman–Crippen MR) is 69.3 cm³/mol. The highest BCUT2D eigenvalue weighted by Crippen LogP contribution is 2.23. The van der Waals surface area contributed by atoms with E-state index in [0.29, 0.717) is 12.5 Å². The lowest BCUT2D eigenvalue weighted by Gasteiger charge is -2.31. The smallest absolute Gasteiger partial charge is 0.303 e. The van der Waals surface area contributed by atoms with Gasteiger partial charge in [0.25, 0.3) is 0 Å². The molecule has 0 radical (unpaired) electrons. The number of carboxylic acid groups (broad SMARTS) is 1. The van der Waals surface area contributed by atoms with E-state index in [9.17, 15) is 9.59 Å². The highest BCUT2D eigenvalue weighted by Gasteiger charge is 2.30. The molecule has 0 aromatic rings. The van der Waals surface area contributed by atoms with Crippen molar-refractivity contribution in [1.82, 2.24) is 10.2 Å². The summed E-state index contributed by atoms with van der Waals surface area (Å²) in [5.74, 6) is -0.602. The van der Waals surface area contributed by atoms with Crippen LogP contribution in [0.15, 0.2) is 0 Å². The molecule has 5 heteroatoms. The monoisotopic (exact) mass is 256 g/mol. The first-order valence-electron chi connectivity index (χ1n) is 6.52. The highest BCUT2D eigenvalue weighted by molar-refractivity contribution is 5.80. The van der Waals surface area contributed by atoms with Crippen LogP contribution >= 0.6 is 0 Å². The van der Waals surface area contributed by atoms with E-state index >= 15 is 0 Å². The third-order valence-electron chi connectivity index (χ3n) is 3.39. The van der Waals surface area contributed by atoms with Crippen molar-refractivity contribution in [3.63, 3.8) is 0 Å². The molecule has 1 rings (SSSR count). The fraction of sp³-hybridized carbons (Fsp3) is 0.846. The Kier molecular flexibility index (Phi) is 5.14. The van der Waals surface area contributed by atoms with Crippen LogP contribution in [0.3, 0.4) is 0 Å². The second-order valence-electron chi connectivity index (χ2n) is 5.97. The minimum absolute atomic E-state index is 0.0744. The second kappa shape index (κ2) is 6.18. The van der Waals surface area contributed by atoms with E-state index in [1.165, 1.54) is 0 Å². The number of rotatable bonds is 5. The van der Waals surface area contributed by atoms with Gasteiger partial charge in [0.05, 0.1) is 6.42 Å². The molecular weight excluding hydrogens is 232 g/mol. The van der Waals surface area contributed by atoms with Gasteiger partial charge in [-0.3, -0.25) is 14.5 Å². The maximum absolute atomic E-state index is 11.4. The fourth-order valence-corrected chi connectivity index (χ4v) is 2.18. The van der Waals surface area contributed by atoms with Crippen molar-refractivity contribution < 1.29 is 14.7 Å². The van der Waals surface area contributed by atoms with Gasteiger partial charge < -0.3 is 10.4 Å². The molecule has 1 aliphatic rings. The zero-order valence-electron chi connectivity index (χ0n) is 11.5. The van der Waals surface area contributed by atoms with Crippen LogP contribution in [0.4, 0.5) is 0 Å². The molecule has 104 valence electrons. The minimum atomic E-state index is -0.926. The third-order valence-corrected chi connectivity index (χ3v) is 3.39. The van der Waals surface area contributed by atoms with Gasteiger partial charge in [-0.15, -0.1) is 0 Å². The van der Waals surface area contributed by atoms with Crippen molar-refractivity contribution in [3.8, 4) is 0 Å². The standard InChI is InChI=1S/C13H24N2O3/c1-13(2,3)15-7-6-10(9-15)8-14-11(16)4-5-12(17)18/h10H,4-9H2,1-3H3,(H,14,16)(H,17,18). The maximum atomic E-state index is 11.4. The summed E-state index contributed by atoms with van der Waals surface area (Å²) in [5, 5.41) is 11.3. The number of amides is 1. The topological polar surface area (TPSA) is 69.6 Å². The van der Waals surface area contributed by atoms with Crippen molar-refractivity contribution in [2.24, 2.45) is 5.92 Å². The van der Waals surface area contributed by atoms with E-state index in [1.807, 2.05) is 0 Å². The Morgan fingerprint density at radius 1 is 1.33 bits per heavy atom. The zero-order valence-corrected chi connectivity index (χ0v) is 11.5. The van der Waals surface area contributed by atoms with E-state index in [1.54, 1.807) is 0 Å². The summed E-state index contributed by atoms with van der Waals surface area (Å²) in [5.41, 5.74) is 0.183. The van der Waals surface area contributed by atoms with E-state index in [0.717, 1.165) is 19.5 Å². The van der Waals surface area contributed by atoms with Crippen molar-refractivity contribution in [2.75, 3.05) is 19.6 Å². The number of nitrogens with zero attached hydrogens (tertiary/aromatic N) is 1. The first-order valence-corrected chi connectivity index (χ1v) is 6.52. The summed E-state index contributed by atoms with van der Waals surface area (Å²) in [7, 11) is 0. The average molecular weight is 256 g/mol. The molecule has 1 aliphatic heterocycles. The van der Waals surface area contributed by atoms with Crippen LogP contribution in [0, 0.1) is 5.92 Å². The highest BCUT2D eigenvalue weighted by atomic mass is 16.4. The Hall–Kier alpha value is -1.10. The Labute approximate surface area is 109 Å². The minimum Gasteiger partial charge on any atom is -0.481 e. The van der Waals surface area contributed by atoms with Crippen molar-refractivity contribution in [1.29, 1.82) is 0 Å². The molecule has 1 saturated heterocycles. The Morgan fingerprint density at radius 3 is 2.50 bits per heavy atom. The average Bonchev–Trinajstić information content (AvgIpc) is 2.71. The van der Waals surface area contributed by atoms with Gasteiger partial charge in [-0.25, -0.2) is 0 Å². The quantitative estimate of drug-likeness (QED) is 0.772. The van der Waals surface area contributed by atoms with Crippen molar-refractivity contribution >= 4 is 11.9 Å². The molecule has 1 fully saturated rings. The number of aliphatic carboxylic acids is 1. The van der Waals surface area contributed by atoms with Crippen LogP contribution < -0.4 is 5.32 Å². The van der Waals surface area contributed by atoms with Crippen LogP contribution in [0.5, 0.6) is 0 Å². The van der Waals surface area contributed by atoms with E-state index in [2.05, 4.69) is 31.0 Å². The first kappa shape index (κ1) is 15.0. The SMILES string of the molecule is CC(C)(C)N1CCC(CNC(=O)CCC(=O)O)C1. The number of carbonyl (C=O) groups is 2. The van der Waals surface area contributed by atoms with Crippen molar-refractivity contribution in [2.45, 2.75) is 45.6 Å². The molecule has 0 aromatic carbocycles. The van der Waals surface area contributed by atoms with Crippen LogP contribution in [-0.4, -0.2) is 47.1 Å². The molecule has 1 atom stereocenters.